The average Bonchev–Trinajstić information content (AvgIpc) is 3.33. The van der Waals surface area contributed by atoms with E-state index in [0.29, 0.717) is 31.4 Å². The number of amides is 3. The molecule has 0 N–H and O–H groups in total. The van der Waals surface area contributed by atoms with Crippen LogP contribution >= 0.6 is 11.3 Å². The summed E-state index contributed by atoms with van der Waals surface area (Å²) in [5.74, 6) is -0.831. The number of thiazole rings is 1. The van der Waals surface area contributed by atoms with Crippen LogP contribution in [0, 0.1) is 0 Å². The molecular weight excluding hydrogens is 404 g/mol. The number of imide groups is 1. The fourth-order valence-electron chi connectivity index (χ4n) is 3.81. The predicted octanol–water partition coefficient (Wildman–Crippen LogP) is 1.67. The highest BCUT2D eigenvalue weighted by atomic mass is 32.1. The molecule has 8 nitrogen and oxygen atoms in total. The van der Waals surface area contributed by atoms with E-state index in [1.165, 1.54) is 11.3 Å². The molecule has 30 heavy (non-hydrogen) atoms. The number of ether oxygens (including phenoxy) is 1. The minimum absolute atomic E-state index is 0.181. The van der Waals surface area contributed by atoms with Gasteiger partial charge in [-0.1, -0.05) is 30.4 Å². The molecule has 2 aromatic rings. The summed E-state index contributed by atoms with van der Waals surface area (Å²) >= 11 is 1.47. The van der Waals surface area contributed by atoms with Crippen molar-refractivity contribution >= 4 is 44.4 Å². The van der Waals surface area contributed by atoms with E-state index in [4.69, 9.17) is 9.72 Å². The van der Waals surface area contributed by atoms with Crippen LogP contribution < -0.4 is 4.90 Å². The van der Waals surface area contributed by atoms with Gasteiger partial charge in [0, 0.05) is 39.0 Å². The van der Waals surface area contributed by atoms with Gasteiger partial charge < -0.3 is 4.74 Å². The molecule has 3 heterocycles. The van der Waals surface area contributed by atoms with Gasteiger partial charge in [-0.2, -0.15) is 0 Å². The first-order valence-corrected chi connectivity index (χ1v) is 11.2. The molecule has 2 fully saturated rings. The Balaban J connectivity index is 1.58. The van der Waals surface area contributed by atoms with Gasteiger partial charge in [0.2, 0.25) is 17.7 Å². The van der Waals surface area contributed by atoms with Gasteiger partial charge in [0.1, 0.15) is 6.54 Å². The number of benzene rings is 1. The second kappa shape index (κ2) is 9.20. The predicted molar refractivity (Wildman–Crippen MR) is 115 cm³/mol. The van der Waals surface area contributed by atoms with Crippen molar-refractivity contribution in [3.63, 3.8) is 0 Å². The summed E-state index contributed by atoms with van der Waals surface area (Å²) < 4.78 is 6.43. The Kier molecular flexibility index (Phi) is 6.40. The third-order valence-corrected chi connectivity index (χ3v) is 6.64. The quantitative estimate of drug-likeness (QED) is 0.622. The number of anilines is 1. The van der Waals surface area contributed by atoms with Crippen molar-refractivity contribution in [3.8, 4) is 0 Å². The molecular formula is C21H26N4O4S. The average molecular weight is 431 g/mol. The molecule has 2 aliphatic heterocycles. The molecule has 0 bridgehead atoms. The van der Waals surface area contributed by atoms with Crippen LogP contribution in [0.5, 0.6) is 0 Å². The zero-order chi connectivity index (χ0) is 21.1. The van der Waals surface area contributed by atoms with E-state index in [9.17, 15) is 14.4 Å². The Hall–Kier alpha value is -2.36. The highest BCUT2D eigenvalue weighted by Gasteiger charge is 2.33. The van der Waals surface area contributed by atoms with E-state index in [1.54, 1.807) is 4.90 Å². The molecule has 3 amide bonds. The van der Waals surface area contributed by atoms with Crippen molar-refractivity contribution in [3.05, 3.63) is 23.8 Å². The van der Waals surface area contributed by atoms with Crippen molar-refractivity contribution in [1.29, 1.82) is 0 Å². The number of carbonyl (C=O) groups is 3. The van der Waals surface area contributed by atoms with Gasteiger partial charge in [0.15, 0.2) is 5.13 Å². The number of hydrogen-bond acceptors (Lipinski definition) is 7. The van der Waals surface area contributed by atoms with Crippen molar-refractivity contribution in [2.75, 3.05) is 50.8 Å². The molecule has 9 heteroatoms. The normalized spacial score (nSPS) is 17.8. The van der Waals surface area contributed by atoms with E-state index >= 15 is 0 Å². The summed E-state index contributed by atoms with van der Waals surface area (Å²) in [6.07, 6.45) is 1.22. The summed E-state index contributed by atoms with van der Waals surface area (Å²) in [6.45, 7) is 6.02. The molecule has 1 aromatic carbocycles. The Labute approximate surface area is 179 Å². The van der Waals surface area contributed by atoms with Crippen molar-refractivity contribution in [2.45, 2.75) is 26.2 Å². The van der Waals surface area contributed by atoms with Crippen LogP contribution in [-0.2, 0) is 25.5 Å². The Bertz CT molecular complexity index is 938. The molecule has 0 atom stereocenters. The maximum Gasteiger partial charge on any atom is 0.248 e. The van der Waals surface area contributed by atoms with E-state index in [2.05, 4.69) is 11.8 Å². The lowest BCUT2D eigenvalue weighted by atomic mass is 10.1. The summed E-state index contributed by atoms with van der Waals surface area (Å²) in [6, 6.07) is 6.06. The number of aromatic nitrogens is 1. The maximum absolute atomic E-state index is 13.2. The highest BCUT2D eigenvalue weighted by Crippen LogP contribution is 2.31. The summed E-state index contributed by atoms with van der Waals surface area (Å²) in [7, 11) is 0. The van der Waals surface area contributed by atoms with Crippen LogP contribution in [0.2, 0.25) is 0 Å². The SMILES string of the molecule is CCc1cccc2sc(N(CCN3CCOCC3)C(=O)CN3C(=O)CCC3=O)nc12. The molecule has 0 saturated carbocycles. The summed E-state index contributed by atoms with van der Waals surface area (Å²) in [4.78, 5) is 47.0. The fraction of sp³-hybridized carbons (Fsp3) is 0.524. The molecule has 2 aliphatic rings. The second-order valence-corrected chi connectivity index (χ2v) is 8.50. The van der Waals surface area contributed by atoms with Crippen LogP contribution in [0.15, 0.2) is 18.2 Å². The van der Waals surface area contributed by atoms with Gasteiger partial charge in [-0.05, 0) is 18.1 Å². The first kappa shape index (κ1) is 20.9. The lowest BCUT2D eigenvalue weighted by molar-refractivity contribution is -0.141. The number of morpholine rings is 1. The lowest BCUT2D eigenvalue weighted by Gasteiger charge is -2.29. The van der Waals surface area contributed by atoms with Gasteiger partial charge in [0.25, 0.3) is 0 Å². The van der Waals surface area contributed by atoms with Crippen molar-refractivity contribution < 1.29 is 19.1 Å². The van der Waals surface area contributed by atoms with E-state index in [-0.39, 0.29) is 37.1 Å². The number of carbonyl (C=O) groups excluding carboxylic acids is 3. The van der Waals surface area contributed by atoms with Gasteiger partial charge in [-0.15, -0.1) is 0 Å². The van der Waals surface area contributed by atoms with E-state index in [0.717, 1.165) is 40.2 Å². The standard InChI is InChI=1S/C21H26N4O4S/c1-2-15-4-3-5-16-20(15)22-21(30-16)24(9-8-23-10-12-29-13-11-23)19(28)14-25-17(26)6-7-18(25)27/h3-5H,2,6-14H2,1H3. The van der Waals surface area contributed by atoms with Crippen molar-refractivity contribution in [2.24, 2.45) is 0 Å². The number of hydrogen-bond donors (Lipinski definition) is 0. The Morgan fingerprint density at radius 2 is 1.93 bits per heavy atom. The molecule has 0 unspecified atom stereocenters. The monoisotopic (exact) mass is 430 g/mol. The number of para-hydroxylation sites is 1. The number of likely N-dealkylation sites (tertiary alicyclic amines) is 1. The molecule has 1 aromatic heterocycles. The zero-order valence-corrected chi connectivity index (χ0v) is 17.9. The minimum Gasteiger partial charge on any atom is -0.379 e. The highest BCUT2D eigenvalue weighted by molar-refractivity contribution is 7.22. The number of fused-ring (bicyclic) bond motifs is 1. The Morgan fingerprint density at radius 3 is 2.63 bits per heavy atom. The zero-order valence-electron chi connectivity index (χ0n) is 17.1. The largest absolute Gasteiger partial charge is 0.379 e. The molecule has 4 rings (SSSR count). The summed E-state index contributed by atoms with van der Waals surface area (Å²) in [5, 5.41) is 0.614. The topological polar surface area (TPSA) is 83.0 Å². The third-order valence-electron chi connectivity index (χ3n) is 5.60. The van der Waals surface area contributed by atoms with Crippen LogP contribution in [0.3, 0.4) is 0 Å². The van der Waals surface area contributed by atoms with Gasteiger partial charge in [-0.3, -0.25) is 29.1 Å². The van der Waals surface area contributed by atoms with E-state index < -0.39 is 0 Å². The number of nitrogens with zero attached hydrogens (tertiary/aromatic N) is 4. The first-order valence-electron chi connectivity index (χ1n) is 10.4. The van der Waals surface area contributed by atoms with Gasteiger partial charge >= 0.3 is 0 Å². The summed E-state index contributed by atoms with van der Waals surface area (Å²) in [5.41, 5.74) is 2.05. The molecule has 0 aliphatic carbocycles. The molecule has 160 valence electrons. The fourth-order valence-corrected chi connectivity index (χ4v) is 4.86. The van der Waals surface area contributed by atoms with E-state index in [1.807, 2.05) is 18.2 Å². The Morgan fingerprint density at radius 1 is 1.20 bits per heavy atom. The first-order chi connectivity index (χ1) is 14.6. The van der Waals surface area contributed by atoms with Crippen molar-refractivity contribution in [1.82, 2.24) is 14.8 Å². The third kappa shape index (κ3) is 4.38. The molecule has 2 saturated heterocycles. The smallest absolute Gasteiger partial charge is 0.248 e. The lowest BCUT2D eigenvalue weighted by Crippen LogP contribution is -2.47. The van der Waals surface area contributed by atoms with Crippen LogP contribution in [0.4, 0.5) is 5.13 Å². The van der Waals surface area contributed by atoms with Gasteiger partial charge in [0.05, 0.1) is 23.4 Å². The maximum atomic E-state index is 13.2. The second-order valence-electron chi connectivity index (χ2n) is 7.49. The molecule has 0 radical (unpaired) electrons. The number of aryl methyl sites for hydroxylation is 1. The molecule has 0 spiro atoms. The van der Waals surface area contributed by atoms with Crippen LogP contribution in [0.25, 0.3) is 10.2 Å². The van der Waals surface area contributed by atoms with Crippen LogP contribution in [-0.4, -0.2) is 78.4 Å². The number of rotatable bonds is 7. The van der Waals surface area contributed by atoms with Gasteiger partial charge in [-0.25, -0.2) is 4.98 Å². The van der Waals surface area contributed by atoms with Crippen LogP contribution in [0.1, 0.15) is 25.3 Å². The minimum atomic E-state index is -0.279.